The fourth-order valence-electron chi connectivity index (χ4n) is 1.64. The van der Waals surface area contributed by atoms with Crippen molar-refractivity contribution in [2.75, 3.05) is 18.8 Å². The number of amides is 1. The summed E-state index contributed by atoms with van der Waals surface area (Å²) in [6, 6.07) is 7.95. The van der Waals surface area contributed by atoms with Gasteiger partial charge in [0, 0.05) is 18.8 Å². The molecular weight excluding hydrogens is 200 g/mol. The van der Waals surface area contributed by atoms with Gasteiger partial charge >= 0.3 is 0 Å². The molecule has 0 heterocycles. The zero-order valence-corrected chi connectivity index (χ0v) is 10.0. The molecule has 16 heavy (non-hydrogen) atoms. The average molecular weight is 220 g/mol. The number of carbonyl (C=O) groups excluding carboxylic acids is 1. The van der Waals surface area contributed by atoms with Crippen LogP contribution < -0.4 is 5.73 Å². The SMILES string of the molecule is CCN(C=O)CCC(C)c1ccc(N)cc1. The van der Waals surface area contributed by atoms with Crippen molar-refractivity contribution < 1.29 is 4.79 Å². The molecule has 1 aromatic carbocycles. The molecule has 0 aromatic heterocycles. The van der Waals surface area contributed by atoms with Crippen molar-refractivity contribution in [2.45, 2.75) is 26.2 Å². The number of benzene rings is 1. The van der Waals surface area contributed by atoms with E-state index in [-0.39, 0.29) is 0 Å². The summed E-state index contributed by atoms with van der Waals surface area (Å²) in [5, 5.41) is 0. The van der Waals surface area contributed by atoms with Crippen molar-refractivity contribution in [2.24, 2.45) is 0 Å². The van der Waals surface area contributed by atoms with Gasteiger partial charge in [0.2, 0.25) is 6.41 Å². The molecule has 0 aliphatic rings. The summed E-state index contributed by atoms with van der Waals surface area (Å²) in [5.41, 5.74) is 7.70. The van der Waals surface area contributed by atoms with E-state index in [4.69, 9.17) is 5.73 Å². The molecule has 3 nitrogen and oxygen atoms in total. The first kappa shape index (κ1) is 12.6. The third-order valence-corrected chi connectivity index (χ3v) is 2.91. The molecule has 0 aliphatic heterocycles. The summed E-state index contributed by atoms with van der Waals surface area (Å²) < 4.78 is 0. The third-order valence-electron chi connectivity index (χ3n) is 2.91. The number of anilines is 1. The predicted molar refractivity (Wildman–Crippen MR) is 67.2 cm³/mol. The van der Waals surface area contributed by atoms with Gasteiger partial charge in [0.25, 0.3) is 0 Å². The highest BCUT2D eigenvalue weighted by atomic mass is 16.1. The summed E-state index contributed by atoms with van der Waals surface area (Å²) in [5.74, 6) is 0.453. The van der Waals surface area contributed by atoms with E-state index >= 15 is 0 Å². The molecule has 0 bridgehead atoms. The maximum Gasteiger partial charge on any atom is 0.209 e. The Labute approximate surface area is 97.2 Å². The smallest absolute Gasteiger partial charge is 0.209 e. The summed E-state index contributed by atoms with van der Waals surface area (Å²) in [6.45, 7) is 5.75. The van der Waals surface area contributed by atoms with E-state index in [0.29, 0.717) is 5.92 Å². The van der Waals surface area contributed by atoms with E-state index in [1.54, 1.807) is 4.90 Å². The molecule has 1 unspecified atom stereocenters. The van der Waals surface area contributed by atoms with Gasteiger partial charge < -0.3 is 10.6 Å². The molecule has 88 valence electrons. The van der Waals surface area contributed by atoms with Crippen LogP contribution in [0.15, 0.2) is 24.3 Å². The fourth-order valence-corrected chi connectivity index (χ4v) is 1.64. The van der Waals surface area contributed by atoms with Crippen LogP contribution in [-0.4, -0.2) is 24.4 Å². The van der Waals surface area contributed by atoms with Gasteiger partial charge in [-0.2, -0.15) is 0 Å². The highest BCUT2D eigenvalue weighted by molar-refractivity contribution is 5.46. The summed E-state index contributed by atoms with van der Waals surface area (Å²) >= 11 is 0. The first-order chi connectivity index (χ1) is 7.67. The van der Waals surface area contributed by atoms with Crippen LogP contribution in [0.4, 0.5) is 5.69 Å². The lowest BCUT2D eigenvalue weighted by molar-refractivity contribution is -0.118. The van der Waals surface area contributed by atoms with Crippen LogP contribution in [0.25, 0.3) is 0 Å². The standard InChI is InChI=1S/C13H20N2O/c1-3-15(10-16)9-8-11(2)12-4-6-13(14)7-5-12/h4-7,10-11H,3,8-9,14H2,1-2H3. The summed E-state index contributed by atoms with van der Waals surface area (Å²) in [4.78, 5) is 12.4. The van der Waals surface area contributed by atoms with Crippen LogP contribution in [0.2, 0.25) is 0 Å². The van der Waals surface area contributed by atoms with Crippen LogP contribution >= 0.6 is 0 Å². The molecule has 1 atom stereocenters. The maximum absolute atomic E-state index is 10.6. The van der Waals surface area contributed by atoms with E-state index < -0.39 is 0 Å². The lowest BCUT2D eigenvalue weighted by Crippen LogP contribution is -2.23. The van der Waals surface area contributed by atoms with Crippen LogP contribution in [0.5, 0.6) is 0 Å². The first-order valence-electron chi connectivity index (χ1n) is 5.72. The van der Waals surface area contributed by atoms with Crippen LogP contribution in [-0.2, 0) is 4.79 Å². The van der Waals surface area contributed by atoms with Gasteiger partial charge in [-0.25, -0.2) is 0 Å². The maximum atomic E-state index is 10.6. The van der Waals surface area contributed by atoms with Gasteiger partial charge in [0.15, 0.2) is 0 Å². The minimum atomic E-state index is 0.453. The zero-order valence-electron chi connectivity index (χ0n) is 10.0. The Balaban J connectivity index is 2.48. The van der Waals surface area contributed by atoms with E-state index in [9.17, 15) is 4.79 Å². The minimum absolute atomic E-state index is 0.453. The van der Waals surface area contributed by atoms with Gasteiger partial charge in [-0.05, 0) is 37.0 Å². The monoisotopic (exact) mass is 220 g/mol. The molecule has 1 rings (SSSR count). The lowest BCUT2D eigenvalue weighted by atomic mass is 9.97. The molecule has 1 aromatic rings. The number of hydrogen-bond acceptors (Lipinski definition) is 2. The summed E-state index contributed by atoms with van der Waals surface area (Å²) in [6.07, 6.45) is 1.90. The molecule has 0 fully saturated rings. The Morgan fingerprint density at radius 3 is 2.50 bits per heavy atom. The molecule has 0 spiro atoms. The number of nitrogens with two attached hydrogens (primary N) is 1. The van der Waals surface area contributed by atoms with Crippen molar-refractivity contribution in [1.29, 1.82) is 0 Å². The molecule has 0 aliphatic carbocycles. The Bertz CT molecular complexity index is 321. The van der Waals surface area contributed by atoms with E-state index in [0.717, 1.165) is 31.6 Å². The third kappa shape index (κ3) is 3.57. The van der Waals surface area contributed by atoms with Crippen molar-refractivity contribution >= 4 is 12.1 Å². The second-order valence-corrected chi connectivity index (χ2v) is 4.09. The quantitative estimate of drug-likeness (QED) is 0.590. The van der Waals surface area contributed by atoms with Crippen molar-refractivity contribution in [1.82, 2.24) is 4.90 Å². The lowest BCUT2D eigenvalue weighted by Gasteiger charge is -2.18. The highest BCUT2D eigenvalue weighted by Gasteiger charge is 2.07. The molecule has 0 radical (unpaired) electrons. The van der Waals surface area contributed by atoms with Gasteiger partial charge in [-0.1, -0.05) is 19.1 Å². The zero-order chi connectivity index (χ0) is 12.0. The van der Waals surface area contributed by atoms with Crippen LogP contribution in [0, 0.1) is 0 Å². The van der Waals surface area contributed by atoms with E-state index in [1.165, 1.54) is 5.56 Å². The number of carbonyl (C=O) groups is 1. The van der Waals surface area contributed by atoms with Gasteiger partial charge in [0.1, 0.15) is 0 Å². The second-order valence-electron chi connectivity index (χ2n) is 4.09. The Hall–Kier alpha value is -1.51. The molecule has 2 N–H and O–H groups in total. The largest absolute Gasteiger partial charge is 0.399 e. The Morgan fingerprint density at radius 1 is 1.38 bits per heavy atom. The van der Waals surface area contributed by atoms with Crippen molar-refractivity contribution in [3.05, 3.63) is 29.8 Å². The van der Waals surface area contributed by atoms with Gasteiger partial charge in [0.05, 0.1) is 0 Å². The molecule has 0 saturated carbocycles. The molecule has 0 saturated heterocycles. The molecule has 3 heteroatoms. The molecular formula is C13H20N2O. The minimum Gasteiger partial charge on any atom is -0.399 e. The fraction of sp³-hybridized carbons (Fsp3) is 0.462. The van der Waals surface area contributed by atoms with Gasteiger partial charge in [-0.3, -0.25) is 4.79 Å². The van der Waals surface area contributed by atoms with Crippen molar-refractivity contribution in [3.63, 3.8) is 0 Å². The normalized spacial score (nSPS) is 12.1. The van der Waals surface area contributed by atoms with Gasteiger partial charge in [-0.15, -0.1) is 0 Å². The van der Waals surface area contributed by atoms with Crippen molar-refractivity contribution in [3.8, 4) is 0 Å². The van der Waals surface area contributed by atoms with E-state index in [2.05, 4.69) is 19.1 Å². The number of nitrogen functional groups attached to an aromatic ring is 1. The average Bonchev–Trinajstić information content (AvgIpc) is 2.31. The summed E-state index contributed by atoms with van der Waals surface area (Å²) in [7, 11) is 0. The van der Waals surface area contributed by atoms with Crippen LogP contribution in [0.1, 0.15) is 31.7 Å². The number of hydrogen-bond donors (Lipinski definition) is 1. The second kappa shape index (κ2) is 6.16. The van der Waals surface area contributed by atoms with Crippen LogP contribution in [0.3, 0.4) is 0 Å². The first-order valence-corrected chi connectivity index (χ1v) is 5.72. The predicted octanol–water partition coefficient (Wildman–Crippen LogP) is 2.24. The number of nitrogens with zero attached hydrogens (tertiary/aromatic N) is 1. The Kier molecular flexibility index (Phi) is 4.83. The molecule has 1 amide bonds. The number of rotatable bonds is 6. The Morgan fingerprint density at radius 2 is 2.00 bits per heavy atom. The van der Waals surface area contributed by atoms with E-state index in [1.807, 2.05) is 19.1 Å². The highest BCUT2D eigenvalue weighted by Crippen LogP contribution is 2.20. The topological polar surface area (TPSA) is 46.3 Å².